The molecule has 0 radical (unpaired) electrons. The summed E-state index contributed by atoms with van der Waals surface area (Å²) in [5, 5.41) is 0. The van der Waals surface area contributed by atoms with Crippen LogP contribution in [-0.4, -0.2) is 19.3 Å². The quantitative estimate of drug-likeness (QED) is 0.852. The molecule has 0 aliphatic rings. The molecule has 0 spiro atoms. The summed E-state index contributed by atoms with van der Waals surface area (Å²) in [5.74, 6) is 0. The van der Waals surface area contributed by atoms with Crippen molar-refractivity contribution in [2.75, 3.05) is 0 Å². The SMILES string of the molecule is CC(C)(N[S@+]([O-])C(C)(C)C)c1cc2ncccc2[nH]c1=O. The second-order valence-corrected chi connectivity index (χ2v) is 8.52. The normalized spacial score (nSPS) is 14.4. The van der Waals surface area contributed by atoms with Crippen LogP contribution in [0.2, 0.25) is 0 Å². The van der Waals surface area contributed by atoms with E-state index in [1.54, 1.807) is 24.4 Å². The number of aromatic amines is 1. The molecule has 0 aliphatic heterocycles. The predicted molar refractivity (Wildman–Crippen MR) is 86.4 cm³/mol. The van der Waals surface area contributed by atoms with Crippen molar-refractivity contribution in [2.24, 2.45) is 0 Å². The van der Waals surface area contributed by atoms with Crippen LogP contribution in [0.1, 0.15) is 40.2 Å². The minimum atomic E-state index is -1.27. The first-order valence-corrected chi connectivity index (χ1v) is 7.94. The molecule has 21 heavy (non-hydrogen) atoms. The Morgan fingerprint density at radius 3 is 2.57 bits per heavy atom. The fraction of sp³-hybridized carbons (Fsp3) is 0.467. The number of nitrogens with one attached hydrogen (secondary N) is 2. The van der Waals surface area contributed by atoms with Gasteiger partial charge in [-0.3, -0.25) is 9.78 Å². The summed E-state index contributed by atoms with van der Waals surface area (Å²) in [6.07, 6.45) is 1.68. The van der Waals surface area contributed by atoms with E-state index in [-0.39, 0.29) is 5.56 Å². The Balaban J connectivity index is 2.44. The lowest BCUT2D eigenvalue weighted by molar-refractivity contribution is 0.453. The van der Waals surface area contributed by atoms with Crippen LogP contribution in [0.25, 0.3) is 11.0 Å². The van der Waals surface area contributed by atoms with E-state index >= 15 is 0 Å². The number of hydrogen-bond donors (Lipinski definition) is 2. The first-order valence-electron chi connectivity index (χ1n) is 6.79. The van der Waals surface area contributed by atoms with Gasteiger partial charge in [-0.05, 0) is 52.8 Å². The molecule has 0 saturated heterocycles. The molecule has 5 nitrogen and oxygen atoms in total. The summed E-state index contributed by atoms with van der Waals surface area (Å²) in [5.41, 5.74) is 1.00. The van der Waals surface area contributed by atoms with Gasteiger partial charge in [-0.1, -0.05) is 0 Å². The van der Waals surface area contributed by atoms with Gasteiger partial charge >= 0.3 is 0 Å². The molecule has 0 amide bonds. The van der Waals surface area contributed by atoms with Gasteiger partial charge in [0.1, 0.15) is 4.75 Å². The molecule has 0 unspecified atom stereocenters. The van der Waals surface area contributed by atoms with Crippen LogP contribution in [-0.2, 0) is 16.9 Å². The summed E-state index contributed by atoms with van der Waals surface area (Å²) in [6, 6.07) is 5.33. The summed E-state index contributed by atoms with van der Waals surface area (Å²) in [6.45, 7) is 9.35. The molecular weight excluding hydrogens is 286 g/mol. The molecule has 2 aromatic rings. The van der Waals surface area contributed by atoms with Crippen molar-refractivity contribution in [3.63, 3.8) is 0 Å². The van der Waals surface area contributed by atoms with Crippen molar-refractivity contribution < 1.29 is 4.55 Å². The topological polar surface area (TPSA) is 80.8 Å². The second kappa shape index (κ2) is 5.44. The van der Waals surface area contributed by atoms with E-state index in [0.29, 0.717) is 16.6 Å². The Hall–Kier alpha value is -1.37. The maximum atomic E-state index is 12.3. The number of pyridine rings is 2. The molecule has 6 heteroatoms. The van der Waals surface area contributed by atoms with E-state index in [2.05, 4.69) is 14.7 Å². The van der Waals surface area contributed by atoms with Gasteiger partial charge in [0.05, 0.1) is 16.6 Å². The van der Waals surface area contributed by atoms with Gasteiger partial charge in [-0.15, -0.1) is 4.72 Å². The van der Waals surface area contributed by atoms with Crippen LogP contribution < -0.4 is 10.3 Å². The van der Waals surface area contributed by atoms with Gasteiger partial charge in [-0.2, -0.15) is 0 Å². The lowest BCUT2D eigenvalue weighted by Crippen LogP contribution is -2.50. The van der Waals surface area contributed by atoms with E-state index in [4.69, 9.17) is 0 Å². The van der Waals surface area contributed by atoms with Gasteiger partial charge in [0.2, 0.25) is 0 Å². The summed E-state index contributed by atoms with van der Waals surface area (Å²) >= 11 is -1.27. The largest absolute Gasteiger partial charge is 0.598 e. The van der Waals surface area contributed by atoms with E-state index in [1.807, 2.05) is 34.6 Å². The number of nitrogens with zero attached hydrogens (tertiary/aromatic N) is 1. The van der Waals surface area contributed by atoms with E-state index in [0.717, 1.165) is 0 Å². The molecule has 2 rings (SSSR count). The van der Waals surface area contributed by atoms with Gasteiger partial charge in [0.15, 0.2) is 0 Å². The molecule has 2 N–H and O–H groups in total. The number of aromatic nitrogens is 2. The molecule has 114 valence electrons. The molecular formula is C15H21N3O2S. The monoisotopic (exact) mass is 307 g/mol. The van der Waals surface area contributed by atoms with Crippen LogP contribution in [0.5, 0.6) is 0 Å². The fourth-order valence-corrected chi connectivity index (χ4v) is 2.81. The average Bonchev–Trinajstić information content (AvgIpc) is 2.36. The molecule has 0 aromatic carbocycles. The highest BCUT2D eigenvalue weighted by molar-refractivity contribution is 7.90. The van der Waals surface area contributed by atoms with Crippen molar-refractivity contribution in [1.29, 1.82) is 0 Å². The second-order valence-electron chi connectivity index (χ2n) is 6.56. The Morgan fingerprint density at radius 1 is 1.29 bits per heavy atom. The number of fused-ring (bicyclic) bond motifs is 1. The Labute approximate surface area is 127 Å². The third-order valence-electron chi connectivity index (χ3n) is 3.19. The zero-order valence-electron chi connectivity index (χ0n) is 13.0. The lowest BCUT2D eigenvalue weighted by atomic mass is 9.97. The predicted octanol–water partition coefficient (Wildman–Crippen LogP) is 2.21. The van der Waals surface area contributed by atoms with Crippen LogP contribution in [0.4, 0.5) is 0 Å². The fourth-order valence-electron chi connectivity index (χ4n) is 1.93. The zero-order chi connectivity index (χ0) is 15.8. The average molecular weight is 307 g/mol. The first-order chi connectivity index (χ1) is 9.61. The molecule has 2 heterocycles. The summed E-state index contributed by atoms with van der Waals surface area (Å²) < 4.78 is 14.9. The van der Waals surface area contributed by atoms with Crippen LogP contribution in [0.15, 0.2) is 29.2 Å². The highest BCUT2D eigenvalue weighted by Crippen LogP contribution is 2.24. The van der Waals surface area contributed by atoms with Gasteiger partial charge < -0.3 is 9.54 Å². The standard InChI is InChI=1S/C15H21N3O2S/c1-14(2,3)21(20)18-15(4,5)10-9-12-11(17-13(10)19)7-6-8-16-12/h6-9,18H,1-5H3,(H,17,19)/t21-/m1/s1. The van der Waals surface area contributed by atoms with E-state index in [9.17, 15) is 9.35 Å². The molecule has 0 saturated carbocycles. The van der Waals surface area contributed by atoms with Crippen molar-refractivity contribution in [3.05, 3.63) is 40.3 Å². The highest BCUT2D eigenvalue weighted by atomic mass is 32.2. The van der Waals surface area contributed by atoms with Crippen LogP contribution in [0.3, 0.4) is 0 Å². The third-order valence-corrected chi connectivity index (χ3v) is 5.00. The van der Waals surface area contributed by atoms with Crippen LogP contribution >= 0.6 is 0 Å². The number of H-pyrrole nitrogens is 1. The van der Waals surface area contributed by atoms with Crippen LogP contribution in [0, 0.1) is 0 Å². The van der Waals surface area contributed by atoms with Gasteiger partial charge in [-0.25, -0.2) is 0 Å². The Bertz CT molecular complexity index is 704. The minimum Gasteiger partial charge on any atom is -0.598 e. The number of rotatable bonds is 3. The minimum absolute atomic E-state index is 0.195. The zero-order valence-corrected chi connectivity index (χ0v) is 13.8. The Morgan fingerprint density at radius 2 is 1.95 bits per heavy atom. The van der Waals surface area contributed by atoms with Crippen molar-refractivity contribution >= 4 is 22.4 Å². The number of hydrogen-bond acceptors (Lipinski definition) is 4. The maximum Gasteiger partial charge on any atom is 0.253 e. The molecule has 0 aliphatic carbocycles. The molecule has 0 bridgehead atoms. The van der Waals surface area contributed by atoms with Gasteiger partial charge in [0, 0.05) is 23.1 Å². The lowest BCUT2D eigenvalue weighted by Gasteiger charge is -2.32. The molecule has 1 atom stereocenters. The summed E-state index contributed by atoms with van der Waals surface area (Å²) in [7, 11) is 0. The smallest absolute Gasteiger partial charge is 0.253 e. The first kappa shape index (κ1) is 16.0. The van der Waals surface area contributed by atoms with E-state index in [1.165, 1.54) is 0 Å². The third kappa shape index (κ3) is 3.45. The molecule has 2 aromatic heterocycles. The highest BCUT2D eigenvalue weighted by Gasteiger charge is 2.35. The van der Waals surface area contributed by atoms with Crippen molar-refractivity contribution in [3.8, 4) is 0 Å². The van der Waals surface area contributed by atoms with Crippen molar-refractivity contribution in [2.45, 2.75) is 44.9 Å². The van der Waals surface area contributed by atoms with Crippen molar-refractivity contribution in [1.82, 2.24) is 14.7 Å². The molecule has 0 fully saturated rings. The Kier molecular flexibility index (Phi) is 4.15. The maximum absolute atomic E-state index is 12.3. The summed E-state index contributed by atoms with van der Waals surface area (Å²) in [4.78, 5) is 19.4. The van der Waals surface area contributed by atoms with E-state index < -0.39 is 21.6 Å². The van der Waals surface area contributed by atoms with Gasteiger partial charge in [0.25, 0.3) is 5.56 Å².